The minimum Gasteiger partial charge on any atom is -0.508 e. The van der Waals surface area contributed by atoms with Crippen LogP contribution in [-0.4, -0.2) is 26.3 Å². The number of phenols is 4. The van der Waals surface area contributed by atoms with Crippen molar-refractivity contribution in [2.24, 2.45) is 0 Å². The van der Waals surface area contributed by atoms with Crippen molar-refractivity contribution >= 4 is 5.91 Å². The second kappa shape index (κ2) is 5.40. The number of benzene rings is 2. The van der Waals surface area contributed by atoms with Gasteiger partial charge in [0.1, 0.15) is 11.5 Å². The monoisotopic (exact) mass is 275 g/mol. The van der Waals surface area contributed by atoms with E-state index in [4.69, 9.17) is 10.2 Å². The van der Waals surface area contributed by atoms with Crippen molar-refractivity contribution in [1.82, 2.24) is 5.32 Å². The number of carbonyl (C=O) groups is 1. The molecule has 0 aliphatic carbocycles. The van der Waals surface area contributed by atoms with Gasteiger partial charge >= 0.3 is 0 Å². The van der Waals surface area contributed by atoms with Crippen LogP contribution in [0.3, 0.4) is 0 Å². The van der Waals surface area contributed by atoms with Crippen LogP contribution in [0.1, 0.15) is 15.9 Å². The van der Waals surface area contributed by atoms with E-state index in [-0.39, 0.29) is 35.1 Å². The van der Waals surface area contributed by atoms with Crippen LogP contribution in [0, 0.1) is 0 Å². The number of phenolic OH excluding ortho intramolecular Hbond substituents is 4. The van der Waals surface area contributed by atoms with E-state index in [1.807, 2.05) is 0 Å². The third-order valence-electron chi connectivity index (χ3n) is 2.72. The Bertz CT molecular complexity index is 654. The van der Waals surface area contributed by atoms with Gasteiger partial charge in [0.25, 0.3) is 5.91 Å². The first-order valence-electron chi connectivity index (χ1n) is 5.78. The lowest BCUT2D eigenvalue weighted by Gasteiger charge is -2.08. The first kappa shape index (κ1) is 13.5. The Morgan fingerprint density at radius 2 is 1.65 bits per heavy atom. The minimum absolute atomic E-state index is 0.0331. The van der Waals surface area contributed by atoms with Crippen LogP contribution in [0.25, 0.3) is 0 Å². The Balaban J connectivity index is 2.06. The van der Waals surface area contributed by atoms with E-state index < -0.39 is 5.91 Å². The first-order valence-corrected chi connectivity index (χ1v) is 5.78. The summed E-state index contributed by atoms with van der Waals surface area (Å²) in [6.45, 7) is 0.118. The summed E-state index contributed by atoms with van der Waals surface area (Å²) in [6, 6.07) is 7.85. The quantitative estimate of drug-likeness (QED) is 0.544. The van der Waals surface area contributed by atoms with Crippen LogP contribution in [0.2, 0.25) is 0 Å². The van der Waals surface area contributed by atoms with Gasteiger partial charge in [-0.3, -0.25) is 4.79 Å². The van der Waals surface area contributed by atoms with Crippen molar-refractivity contribution in [2.75, 3.05) is 0 Å². The fourth-order valence-electron chi connectivity index (χ4n) is 1.67. The third kappa shape index (κ3) is 2.92. The lowest BCUT2D eigenvalue weighted by molar-refractivity contribution is 0.0948. The molecule has 5 N–H and O–H groups in total. The van der Waals surface area contributed by atoms with Crippen molar-refractivity contribution in [3.63, 3.8) is 0 Å². The van der Waals surface area contributed by atoms with Gasteiger partial charge in [-0.05, 0) is 29.8 Å². The molecule has 1 amide bonds. The fourth-order valence-corrected chi connectivity index (χ4v) is 1.67. The molecule has 0 unspecified atom stereocenters. The standard InChI is InChI=1S/C14H13NO5/c16-9-2-3-10(12(18)6-9)14(20)15-7-8-1-4-11(17)13(19)5-8/h1-6,16-19H,7H2,(H,15,20). The molecule has 0 heterocycles. The molecule has 0 spiro atoms. The van der Waals surface area contributed by atoms with Gasteiger partial charge in [0.05, 0.1) is 5.56 Å². The minimum atomic E-state index is -0.518. The Hall–Kier alpha value is -2.89. The maximum Gasteiger partial charge on any atom is 0.255 e. The maximum absolute atomic E-state index is 11.8. The van der Waals surface area contributed by atoms with E-state index in [9.17, 15) is 15.0 Å². The van der Waals surface area contributed by atoms with Gasteiger partial charge in [0.15, 0.2) is 11.5 Å². The van der Waals surface area contributed by atoms with Crippen molar-refractivity contribution in [1.29, 1.82) is 0 Å². The van der Waals surface area contributed by atoms with Crippen molar-refractivity contribution in [3.8, 4) is 23.0 Å². The molecule has 104 valence electrons. The van der Waals surface area contributed by atoms with Crippen LogP contribution in [0.15, 0.2) is 36.4 Å². The summed E-state index contributed by atoms with van der Waals surface area (Å²) in [5, 5.41) is 39.7. The Kier molecular flexibility index (Phi) is 3.65. The predicted octanol–water partition coefficient (Wildman–Crippen LogP) is 1.44. The molecule has 20 heavy (non-hydrogen) atoms. The average Bonchev–Trinajstić information content (AvgIpc) is 2.40. The molecule has 0 aromatic heterocycles. The molecular weight excluding hydrogens is 262 g/mol. The number of hydrogen-bond acceptors (Lipinski definition) is 5. The second-order valence-corrected chi connectivity index (χ2v) is 4.21. The molecule has 2 rings (SSSR count). The van der Waals surface area contributed by atoms with Crippen LogP contribution in [-0.2, 0) is 6.54 Å². The van der Waals surface area contributed by atoms with Gasteiger partial charge in [0, 0.05) is 12.6 Å². The number of rotatable bonds is 3. The topological polar surface area (TPSA) is 110 Å². The van der Waals surface area contributed by atoms with Crippen LogP contribution < -0.4 is 5.32 Å². The highest BCUT2D eigenvalue weighted by molar-refractivity contribution is 5.96. The summed E-state index contributed by atoms with van der Waals surface area (Å²) in [5.74, 6) is -1.49. The molecule has 6 heteroatoms. The highest BCUT2D eigenvalue weighted by Gasteiger charge is 2.11. The lowest BCUT2D eigenvalue weighted by atomic mass is 10.1. The SMILES string of the molecule is O=C(NCc1ccc(O)c(O)c1)c1ccc(O)cc1O. The summed E-state index contributed by atoms with van der Waals surface area (Å²) in [4.78, 5) is 11.8. The van der Waals surface area contributed by atoms with Gasteiger partial charge < -0.3 is 25.7 Å². The zero-order valence-electron chi connectivity index (χ0n) is 10.4. The molecular formula is C14H13NO5. The van der Waals surface area contributed by atoms with Gasteiger partial charge in [-0.1, -0.05) is 6.07 Å². The van der Waals surface area contributed by atoms with Crippen molar-refractivity contribution < 1.29 is 25.2 Å². The molecule has 0 bridgehead atoms. The normalized spacial score (nSPS) is 10.2. The van der Waals surface area contributed by atoms with E-state index in [0.29, 0.717) is 5.56 Å². The van der Waals surface area contributed by atoms with Crippen molar-refractivity contribution in [2.45, 2.75) is 6.54 Å². The third-order valence-corrected chi connectivity index (χ3v) is 2.72. The van der Waals surface area contributed by atoms with E-state index in [2.05, 4.69) is 5.32 Å². The predicted molar refractivity (Wildman–Crippen MR) is 70.7 cm³/mol. The van der Waals surface area contributed by atoms with E-state index in [0.717, 1.165) is 6.07 Å². The molecule has 0 atom stereocenters. The molecule has 6 nitrogen and oxygen atoms in total. The Morgan fingerprint density at radius 3 is 2.30 bits per heavy atom. The highest BCUT2D eigenvalue weighted by atomic mass is 16.3. The molecule has 2 aromatic rings. The zero-order valence-corrected chi connectivity index (χ0v) is 10.4. The van der Waals surface area contributed by atoms with Crippen LogP contribution >= 0.6 is 0 Å². The van der Waals surface area contributed by atoms with Crippen molar-refractivity contribution in [3.05, 3.63) is 47.5 Å². The Labute approximate surface area is 114 Å². The van der Waals surface area contributed by atoms with E-state index >= 15 is 0 Å². The number of amides is 1. The summed E-state index contributed by atoms with van der Waals surface area (Å²) in [5.41, 5.74) is 0.623. The molecule has 0 aliphatic heterocycles. The van der Waals surface area contributed by atoms with Gasteiger partial charge in [-0.2, -0.15) is 0 Å². The van der Waals surface area contributed by atoms with Crippen LogP contribution in [0.4, 0.5) is 0 Å². The number of nitrogens with one attached hydrogen (secondary N) is 1. The summed E-state index contributed by atoms with van der Waals surface area (Å²) in [7, 11) is 0. The zero-order chi connectivity index (χ0) is 14.7. The van der Waals surface area contributed by atoms with Gasteiger partial charge in [0.2, 0.25) is 0 Å². The second-order valence-electron chi connectivity index (χ2n) is 4.21. The fraction of sp³-hybridized carbons (Fsp3) is 0.0714. The molecule has 2 aromatic carbocycles. The number of carbonyl (C=O) groups excluding carboxylic acids is 1. The highest BCUT2D eigenvalue weighted by Crippen LogP contribution is 2.25. The summed E-state index contributed by atoms with van der Waals surface area (Å²) < 4.78 is 0. The van der Waals surface area contributed by atoms with Crippen LogP contribution in [0.5, 0.6) is 23.0 Å². The number of hydrogen-bond donors (Lipinski definition) is 5. The van der Waals surface area contributed by atoms with E-state index in [1.54, 1.807) is 6.07 Å². The smallest absolute Gasteiger partial charge is 0.255 e. The molecule has 0 saturated heterocycles. The van der Waals surface area contributed by atoms with Gasteiger partial charge in [-0.15, -0.1) is 0 Å². The Morgan fingerprint density at radius 1 is 0.900 bits per heavy atom. The molecule has 0 aliphatic rings. The number of aromatic hydroxyl groups is 4. The maximum atomic E-state index is 11.8. The molecule has 0 radical (unpaired) electrons. The largest absolute Gasteiger partial charge is 0.508 e. The molecule has 0 saturated carbocycles. The summed E-state index contributed by atoms with van der Waals surface area (Å²) in [6.07, 6.45) is 0. The lowest BCUT2D eigenvalue weighted by Crippen LogP contribution is -2.22. The van der Waals surface area contributed by atoms with E-state index in [1.165, 1.54) is 24.3 Å². The molecule has 0 fully saturated rings. The summed E-state index contributed by atoms with van der Waals surface area (Å²) >= 11 is 0. The first-order chi connectivity index (χ1) is 9.47. The van der Waals surface area contributed by atoms with Gasteiger partial charge in [-0.25, -0.2) is 0 Å². The average molecular weight is 275 g/mol.